The molecule has 27 nitrogen and oxygen atoms in total. The molecule has 3 amide bonds. The first-order chi connectivity index (χ1) is 45.7. The van der Waals surface area contributed by atoms with Crippen LogP contribution >= 0.6 is 0 Å². The number of carbonyl (C=O) groups is 6. The predicted octanol–water partition coefficient (Wildman–Crippen LogP) is 4.44. The van der Waals surface area contributed by atoms with Crippen molar-refractivity contribution >= 4 is 35.6 Å². The van der Waals surface area contributed by atoms with E-state index in [9.17, 15) is 74.7 Å². The zero-order valence-electron chi connectivity index (χ0n) is 57.5. The zero-order chi connectivity index (χ0) is 69.8. The standard InChI is InChI=1S/C68H123N3O24/c1-46(25-20-37-87-57(78)31-15-9-6-11-17-34-69-55(76)29-23-39-90-66-48(3)60(81)63(84)53(44-73)94-66)50(33-42-88-58(79)32-16-10-7-12-18-35-70-56(77)30-24-40-91-67-49(4)61(82)64(85)54(45-74)95-67)26-21-41-92-68(86)71-36-19-13-5-8-14-27-51(75)28-22-38-89-65-47(2)59(80)62(83)52(43-72)93-65/h46-50,52-54,59-67,72-74,80-85H,5-45H2,1-4H3,(H,69,76)(H,70,77)(H,71,86). The van der Waals surface area contributed by atoms with Crippen molar-refractivity contribution < 1.29 is 117 Å². The van der Waals surface area contributed by atoms with Gasteiger partial charge in [0.05, 0.1) is 77.8 Å². The van der Waals surface area contributed by atoms with Crippen LogP contribution in [0.4, 0.5) is 4.79 Å². The summed E-state index contributed by atoms with van der Waals surface area (Å²) in [6, 6.07) is 0. The van der Waals surface area contributed by atoms with E-state index in [1.54, 1.807) is 20.8 Å². The van der Waals surface area contributed by atoms with Crippen LogP contribution in [0.25, 0.3) is 0 Å². The molecule has 0 saturated carbocycles. The summed E-state index contributed by atoms with van der Waals surface area (Å²) in [5.74, 6) is -1.67. The Balaban J connectivity index is 1.26. The van der Waals surface area contributed by atoms with Crippen LogP contribution < -0.4 is 16.0 Å². The zero-order valence-corrected chi connectivity index (χ0v) is 57.5. The van der Waals surface area contributed by atoms with Gasteiger partial charge in [-0.2, -0.15) is 0 Å². The number of ether oxygens (including phenoxy) is 9. The summed E-state index contributed by atoms with van der Waals surface area (Å²) in [5.41, 5.74) is 0. The lowest BCUT2D eigenvalue weighted by Crippen LogP contribution is -2.55. The van der Waals surface area contributed by atoms with Crippen LogP contribution in [-0.4, -0.2) is 234 Å². The minimum absolute atomic E-state index is 0.0956. The molecule has 0 aromatic carbocycles. The number of aliphatic hydroxyl groups excluding tert-OH is 9. The summed E-state index contributed by atoms with van der Waals surface area (Å²) in [7, 11) is 0. The van der Waals surface area contributed by atoms with Crippen molar-refractivity contribution in [1.82, 2.24) is 16.0 Å². The molecule has 0 aromatic heterocycles. The van der Waals surface area contributed by atoms with Gasteiger partial charge in [-0.1, -0.05) is 85.5 Å². The van der Waals surface area contributed by atoms with E-state index in [0.717, 1.165) is 96.3 Å². The molecule has 3 rings (SSSR count). The van der Waals surface area contributed by atoms with Crippen molar-refractivity contribution in [1.29, 1.82) is 0 Å². The Labute approximate surface area is 563 Å². The number of Topliss-reactive ketones (excluding diaryl/α,β-unsaturated/α-hetero) is 1. The monoisotopic (exact) mass is 1370 g/mol. The minimum atomic E-state index is -1.20. The van der Waals surface area contributed by atoms with Gasteiger partial charge < -0.3 is 105 Å². The second-order valence-corrected chi connectivity index (χ2v) is 26.2. The average molecular weight is 1370 g/mol. The van der Waals surface area contributed by atoms with E-state index in [4.69, 9.17) is 42.6 Å². The quantitative estimate of drug-likeness (QED) is 0.0227. The Kier molecular flexibility index (Phi) is 46.2. The number of unbranched alkanes of at least 4 members (excludes halogenated alkanes) is 12. The third-order valence-corrected chi connectivity index (χ3v) is 18.3. The topological polar surface area (TPSA) is 404 Å². The number of ketones is 1. The third-order valence-electron chi connectivity index (χ3n) is 18.3. The molecule has 17 unspecified atom stereocenters. The van der Waals surface area contributed by atoms with Crippen molar-refractivity contribution in [2.45, 2.75) is 288 Å². The second kappa shape index (κ2) is 51.4. The van der Waals surface area contributed by atoms with E-state index in [2.05, 4.69) is 22.9 Å². The molecule has 0 spiro atoms. The van der Waals surface area contributed by atoms with Gasteiger partial charge in [0.2, 0.25) is 11.8 Å². The first-order valence-corrected chi connectivity index (χ1v) is 35.7. The highest BCUT2D eigenvalue weighted by molar-refractivity contribution is 5.78. The van der Waals surface area contributed by atoms with Crippen LogP contribution in [-0.2, 0) is 66.6 Å². The highest BCUT2D eigenvalue weighted by Gasteiger charge is 2.45. The van der Waals surface area contributed by atoms with Crippen molar-refractivity contribution in [2.75, 3.05) is 79.1 Å². The highest BCUT2D eigenvalue weighted by atomic mass is 16.7. The maximum atomic E-state index is 12.8. The number of alkyl carbamates (subject to hydrolysis) is 1. The smallest absolute Gasteiger partial charge is 0.407 e. The molecule has 3 aliphatic heterocycles. The van der Waals surface area contributed by atoms with Crippen LogP contribution in [0.15, 0.2) is 0 Å². The number of esters is 2. The first-order valence-electron chi connectivity index (χ1n) is 35.7. The Morgan fingerprint density at radius 3 is 1.15 bits per heavy atom. The molecule has 0 aliphatic carbocycles. The Bertz CT molecular complexity index is 2060. The lowest BCUT2D eigenvalue weighted by atomic mass is 9.84. The average Bonchev–Trinajstić information content (AvgIpc) is 0.855. The summed E-state index contributed by atoms with van der Waals surface area (Å²) < 4.78 is 50.5. The van der Waals surface area contributed by atoms with Gasteiger partial charge in [0, 0.05) is 75.9 Å². The first kappa shape index (κ1) is 85.4. The highest BCUT2D eigenvalue weighted by Crippen LogP contribution is 2.30. The molecule has 3 fully saturated rings. The fourth-order valence-electron chi connectivity index (χ4n) is 11.9. The molecule has 3 aliphatic rings. The van der Waals surface area contributed by atoms with E-state index >= 15 is 0 Å². The number of aliphatic hydroxyl groups is 9. The summed E-state index contributed by atoms with van der Waals surface area (Å²) in [6.07, 6.45) is 6.82. The van der Waals surface area contributed by atoms with Crippen LogP contribution in [0.3, 0.4) is 0 Å². The molecule has 554 valence electrons. The number of rotatable bonds is 54. The van der Waals surface area contributed by atoms with Crippen LogP contribution in [0.2, 0.25) is 0 Å². The van der Waals surface area contributed by atoms with E-state index in [1.807, 2.05) is 0 Å². The summed E-state index contributed by atoms with van der Waals surface area (Å²) in [4.78, 5) is 75.0. The van der Waals surface area contributed by atoms with Crippen LogP contribution in [0, 0.1) is 29.6 Å². The number of nitrogens with one attached hydrogen (secondary N) is 3. The largest absolute Gasteiger partial charge is 0.466 e. The number of amides is 3. The molecular formula is C68H123N3O24. The maximum Gasteiger partial charge on any atom is 0.407 e. The molecule has 3 heterocycles. The van der Waals surface area contributed by atoms with Crippen molar-refractivity contribution in [3.8, 4) is 0 Å². The number of carbonyl (C=O) groups excluding carboxylic acids is 6. The Morgan fingerprint density at radius 2 is 0.716 bits per heavy atom. The molecule has 0 radical (unpaired) electrons. The SMILES string of the molecule is CC(CCCOC(=O)CCCCCCCNC(=O)CCCOC1OC(CO)C(O)C(O)C1C)C(CCCOC(=O)NCCCCCCCC(=O)CCCOC1OC(CO)C(O)C(O)C1C)CCOC(=O)CCCCCCCNC(=O)CCCOC1OC(CO)C(O)C(O)C1C. The number of hydrogen-bond acceptors (Lipinski definition) is 24. The molecule has 27 heteroatoms. The Hall–Kier alpha value is -3.78. The Morgan fingerprint density at radius 1 is 0.368 bits per heavy atom. The molecule has 12 N–H and O–H groups in total. The molecule has 0 aromatic rings. The number of hydrogen-bond donors (Lipinski definition) is 12. The van der Waals surface area contributed by atoms with E-state index in [1.165, 1.54) is 0 Å². The third kappa shape index (κ3) is 35.7. The van der Waals surface area contributed by atoms with Gasteiger partial charge in [0.25, 0.3) is 0 Å². The second-order valence-electron chi connectivity index (χ2n) is 26.2. The van der Waals surface area contributed by atoms with E-state index in [-0.39, 0.29) is 87.2 Å². The van der Waals surface area contributed by atoms with Crippen molar-refractivity contribution in [3.63, 3.8) is 0 Å². The minimum Gasteiger partial charge on any atom is -0.466 e. The summed E-state index contributed by atoms with van der Waals surface area (Å²) >= 11 is 0. The molecule has 3 saturated heterocycles. The van der Waals surface area contributed by atoms with Gasteiger partial charge in [0.15, 0.2) is 18.9 Å². The van der Waals surface area contributed by atoms with Crippen molar-refractivity contribution in [3.05, 3.63) is 0 Å². The normalized spacial score (nSPS) is 26.7. The van der Waals surface area contributed by atoms with Gasteiger partial charge in [0.1, 0.15) is 42.4 Å². The molecule has 17 atom stereocenters. The summed E-state index contributed by atoms with van der Waals surface area (Å²) in [6.45, 7) is 8.89. The molecular weight excluding hydrogens is 1240 g/mol. The maximum absolute atomic E-state index is 12.8. The fraction of sp³-hybridized carbons (Fsp3) is 0.912. The van der Waals surface area contributed by atoms with Gasteiger partial charge in [-0.3, -0.25) is 24.0 Å². The molecule has 95 heavy (non-hydrogen) atoms. The van der Waals surface area contributed by atoms with Gasteiger partial charge in [-0.25, -0.2) is 4.79 Å². The summed E-state index contributed by atoms with van der Waals surface area (Å²) in [5, 5.41) is 97.6. The van der Waals surface area contributed by atoms with Crippen molar-refractivity contribution in [2.24, 2.45) is 29.6 Å². The lowest BCUT2D eigenvalue weighted by Gasteiger charge is -2.40. The van der Waals surface area contributed by atoms with Crippen LogP contribution in [0.1, 0.15) is 214 Å². The van der Waals surface area contributed by atoms with Gasteiger partial charge in [-0.15, -0.1) is 0 Å². The van der Waals surface area contributed by atoms with E-state index < -0.39 is 117 Å². The fourth-order valence-corrected chi connectivity index (χ4v) is 11.9. The van der Waals surface area contributed by atoms with Gasteiger partial charge in [-0.05, 0) is 102 Å². The van der Waals surface area contributed by atoms with Crippen LogP contribution in [0.5, 0.6) is 0 Å². The predicted molar refractivity (Wildman–Crippen MR) is 347 cm³/mol. The lowest BCUT2D eigenvalue weighted by molar-refractivity contribution is -0.282. The van der Waals surface area contributed by atoms with E-state index in [0.29, 0.717) is 103 Å². The van der Waals surface area contributed by atoms with Gasteiger partial charge >= 0.3 is 18.0 Å². The molecule has 0 bridgehead atoms.